The molecule has 214 valence electrons. The number of aryl methyl sites for hydroxylation is 1. The van der Waals surface area contributed by atoms with E-state index in [9.17, 15) is 9.59 Å². The van der Waals surface area contributed by atoms with Gasteiger partial charge < -0.3 is 4.57 Å². The van der Waals surface area contributed by atoms with Crippen molar-refractivity contribution in [3.05, 3.63) is 80.8 Å². The molecule has 10 nitrogen and oxygen atoms in total. The fourth-order valence-electron chi connectivity index (χ4n) is 5.37. The number of tetrazole rings is 1. The SMILES string of the molecule is CCCCCc1nc2c(c(=O)n(CCC)c(=O)n2CC(C)C)n1Cc1ccc(-c2ccccc2-c2nnn[nH]2)cc1. The lowest BCUT2D eigenvalue weighted by Crippen LogP contribution is -2.41. The second kappa shape index (κ2) is 12.4. The van der Waals surface area contributed by atoms with Crippen molar-refractivity contribution in [3.8, 4) is 22.5 Å². The molecule has 5 rings (SSSR count). The van der Waals surface area contributed by atoms with Gasteiger partial charge >= 0.3 is 5.69 Å². The third kappa shape index (κ3) is 5.77. The second-order valence-electron chi connectivity index (χ2n) is 11.0. The van der Waals surface area contributed by atoms with Crippen LogP contribution in [0.2, 0.25) is 0 Å². The summed E-state index contributed by atoms with van der Waals surface area (Å²) < 4.78 is 5.13. The van der Waals surface area contributed by atoms with Gasteiger partial charge in [-0.3, -0.25) is 13.9 Å². The molecule has 0 saturated carbocycles. The summed E-state index contributed by atoms with van der Waals surface area (Å²) in [5.74, 6) is 1.70. The van der Waals surface area contributed by atoms with Crippen molar-refractivity contribution in [2.75, 3.05) is 0 Å². The van der Waals surface area contributed by atoms with Gasteiger partial charge in [0, 0.05) is 31.6 Å². The van der Waals surface area contributed by atoms with E-state index in [0.29, 0.717) is 43.0 Å². The summed E-state index contributed by atoms with van der Waals surface area (Å²) in [6.45, 7) is 9.69. The summed E-state index contributed by atoms with van der Waals surface area (Å²) in [5.41, 5.74) is 4.51. The Hall–Kier alpha value is -4.34. The molecule has 5 aromatic rings. The predicted octanol–water partition coefficient (Wildman–Crippen LogP) is 5.05. The minimum atomic E-state index is -0.271. The highest BCUT2D eigenvalue weighted by Crippen LogP contribution is 2.30. The zero-order chi connectivity index (χ0) is 28.9. The standard InChI is InChI=1S/C31H38N8O2/c1-5-7-8-13-26-32-29-27(30(40)37(18-6-2)31(41)39(29)19-21(3)4)38(26)20-22-14-16-23(17-15-22)24-11-9-10-12-25(24)28-33-35-36-34-28/h9-12,14-17,21H,5-8,13,18-20H2,1-4H3,(H,33,34,35,36). The largest absolute Gasteiger partial charge is 0.332 e. The zero-order valence-corrected chi connectivity index (χ0v) is 24.3. The van der Waals surface area contributed by atoms with Crippen LogP contribution < -0.4 is 11.2 Å². The number of hydrogen-bond donors (Lipinski definition) is 1. The van der Waals surface area contributed by atoms with Crippen LogP contribution in [0, 0.1) is 5.92 Å². The first-order valence-electron chi connectivity index (χ1n) is 14.6. The Morgan fingerprint density at radius 3 is 2.29 bits per heavy atom. The average molecular weight is 555 g/mol. The molecule has 0 radical (unpaired) electrons. The van der Waals surface area contributed by atoms with Gasteiger partial charge in [0.2, 0.25) is 0 Å². The van der Waals surface area contributed by atoms with Crippen molar-refractivity contribution >= 4 is 11.2 Å². The smallest absolute Gasteiger partial charge is 0.318 e. The van der Waals surface area contributed by atoms with Gasteiger partial charge in [-0.1, -0.05) is 89.1 Å². The predicted molar refractivity (Wildman–Crippen MR) is 161 cm³/mol. The molecule has 0 unspecified atom stereocenters. The highest BCUT2D eigenvalue weighted by molar-refractivity contribution is 5.80. The van der Waals surface area contributed by atoms with Gasteiger partial charge in [0.15, 0.2) is 17.0 Å². The molecule has 10 heteroatoms. The van der Waals surface area contributed by atoms with Crippen LogP contribution >= 0.6 is 0 Å². The number of fused-ring (bicyclic) bond motifs is 1. The summed E-state index contributed by atoms with van der Waals surface area (Å²) in [7, 11) is 0. The van der Waals surface area contributed by atoms with E-state index in [-0.39, 0.29) is 17.2 Å². The van der Waals surface area contributed by atoms with E-state index in [1.165, 1.54) is 4.57 Å². The topological polar surface area (TPSA) is 116 Å². The molecule has 3 aromatic heterocycles. The van der Waals surface area contributed by atoms with Crippen LogP contribution in [0.3, 0.4) is 0 Å². The first-order valence-corrected chi connectivity index (χ1v) is 14.6. The maximum atomic E-state index is 13.8. The molecule has 0 spiro atoms. The van der Waals surface area contributed by atoms with Gasteiger partial charge in [-0.05, 0) is 45.9 Å². The molecule has 0 saturated heterocycles. The molecule has 1 N–H and O–H groups in total. The monoisotopic (exact) mass is 554 g/mol. The Morgan fingerprint density at radius 1 is 0.878 bits per heavy atom. The maximum Gasteiger partial charge on any atom is 0.332 e. The number of benzene rings is 2. The van der Waals surface area contributed by atoms with Crippen LogP contribution in [0.25, 0.3) is 33.7 Å². The number of imidazole rings is 1. The minimum Gasteiger partial charge on any atom is -0.318 e. The molecule has 3 heterocycles. The first kappa shape index (κ1) is 28.2. The molecular weight excluding hydrogens is 516 g/mol. The number of aromatic amines is 1. The number of aromatic nitrogens is 8. The Bertz CT molecular complexity index is 1730. The molecule has 0 aliphatic heterocycles. The highest BCUT2D eigenvalue weighted by Gasteiger charge is 2.22. The van der Waals surface area contributed by atoms with Crippen molar-refractivity contribution in [1.29, 1.82) is 0 Å². The fraction of sp³-hybridized carbons (Fsp3) is 0.419. The number of nitrogens with one attached hydrogen (secondary N) is 1. The fourth-order valence-corrected chi connectivity index (χ4v) is 5.37. The first-order chi connectivity index (χ1) is 19.9. The lowest BCUT2D eigenvalue weighted by Gasteiger charge is -2.14. The van der Waals surface area contributed by atoms with Crippen LogP contribution in [0.15, 0.2) is 58.1 Å². The Kier molecular flexibility index (Phi) is 8.56. The number of nitrogens with zero attached hydrogens (tertiary/aromatic N) is 7. The van der Waals surface area contributed by atoms with E-state index in [1.54, 1.807) is 4.57 Å². The van der Waals surface area contributed by atoms with Gasteiger partial charge in [0.05, 0.1) is 0 Å². The maximum absolute atomic E-state index is 13.8. The number of H-pyrrole nitrogens is 1. The Labute approximate surface area is 239 Å². The summed E-state index contributed by atoms with van der Waals surface area (Å²) >= 11 is 0. The molecule has 0 aliphatic rings. The summed E-state index contributed by atoms with van der Waals surface area (Å²) in [6.07, 6.45) is 4.60. The molecular formula is C31H38N8O2. The van der Waals surface area contributed by atoms with E-state index in [0.717, 1.165) is 53.8 Å². The zero-order valence-electron chi connectivity index (χ0n) is 24.3. The minimum absolute atomic E-state index is 0.236. The van der Waals surface area contributed by atoms with Crippen LogP contribution in [-0.4, -0.2) is 39.3 Å². The molecule has 0 atom stereocenters. The van der Waals surface area contributed by atoms with Crippen molar-refractivity contribution in [1.82, 2.24) is 39.3 Å². The quantitative estimate of drug-likeness (QED) is 0.216. The third-order valence-corrected chi connectivity index (χ3v) is 7.33. The second-order valence-corrected chi connectivity index (χ2v) is 11.0. The van der Waals surface area contributed by atoms with Crippen molar-refractivity contribution in [2.45, 2.75) is 79.4 Å². The van der Waals surface area contributed by atoms with Gasteiger partial charge in [-0.15, -0.1) is 5.10 Å². The van der Waals surface area contributed by atoms with E-state index in [1.807, 2.05) is 35.8 Å². The van der Waals surface area contributed by atoms with Gasteiger partial charge in [-0.25, -0.2) is 14.9 Å². The highest BCUT2D eigenvalue weighted by atomic mass is 16.2. The number of hydrogen-bond acceptors (Lipinski definition) is 6. The van der Waals surface area contributed by atoms with E-state index >= 15 is 0 Å². The van der Waals surface area contributed by atoms with Crippen molar-refractivity contribution in [3.63, 3.8) is 0 Å². The third-order valence-electron chi connectivity index (χ3n) is 7.33. The lowest BCUT2D eigenvalue weighted by atomic mass is 9.98. The molecule has 0 bridgehead atoms. The molecule has 0 fully saturated rings. The van der Waals surface area contributed by atoms with Crippen LogP contribution in [0.1, 0.15) is 64.8 Å². The molecule has 0 amide bonds. The summed E-state index contributed by atoms with van der Waals surface area (Å²) in [5, 5.41) is 14.4. The van der Waals surface area contributed by atoms with Crippen LogP contribution in [-0.2, 0) is 26.1 Å². The normalized spacial score (nSPS) is 11.6. The summed E-state index contributed by atoms with van der Waals surface area (Å²) in [6, 6.07) is 16.3. The van der Waals surface area contributed by atoms with Gasteiger partial charge in [0.25, 0.3) is 5.56 Å². The summed E-state index contributed by atoms with van der Waals surface area (Å²) in [4.78, 5) is 32.2. The average Bonchev–Trinajstić information content (AvgIpc) is 3.63. The van der Waals surface area contributed by atoms with Gasteiger partial charge in [0.1, 0.15) is 5.82 Å². The van der Waals surface area contributed by atoms with Crippen molar-refractivity contribution < 1.29 is 0 Å². The Balaban J connectivity index is 1.59. The molecule has 41 heavy (non-hydrogen) atoms. The van der Waals surface area contributed by atoms with E-state index < -0.39 is 0 Å². The molecule has 2 aromatic carbocycles. The number of rotatable bonds is 12. The van der Waals surface area contributed by atoms with Crippen molar-refractivity contribution in [2.24, 2.45) is 5.92 Å². The van der Waals surface area contributed by atoms with Gasteiger partial charge in [-0.2, -0.15) is 0 Å². The molecule has 0 aliphatic carbocycles. The Morgan fingerprint density at radius 2 is 1.63 bits per heavy atom. The van der Waals surface area contributed by atoms with E-state index in [4.69, 9.17) is 4.98 Å². The number of unbranched alkanes of at least 4 members (excludes halogenated alkanes) is 2. The van der Waals surface area contributed by atoms with E-state index in [2.05, 4.69) is 65.7 Å². The lowest BCUT2D eigenvalue weighted by molar-refractivity contribution is 0.484. The van der Waals surface area contributed by atoms with Crippen LogP contribution in [0.5, 0.6) is 0 Å². The van der Waals surface area contributed by atoms with Crippen LogP contribution in [0.4, 0.5) is 0 Å².